The fraction of sp³-hybridized carbons (Fsp3) is 0.500. The lowest BCUT2D eigenvalue weighted by Crippen LogP contribution is -2.37. The molecular weight excluding hydrogens is 322 g/mol. The van der Waals surface area contributed by atoms with E-state index in [4.69, 9.17) is 4.74 Å². The summed E-state index contributed by atoms with van der Waals surface area (Å²) >= 11 is 0. The minimum absolute atomic E-state index is 0.111. The predicted octanol–water partition coefficient (Wildman–Crippen LogP) is 1.74. The number of ether oxygens (including phenoxy) is 1. The highest BCUT2D eigenvalue weighted by Gasteiger charge is 2.22. The maximum Gasteiger partial charge on any atom is 0.253 e. The number of methoxy groups -OCH3 is 1. The number of nitrogens with one attached hydrogen (secondary N) is 1. The Morgan fingerprint density at radius 3 is 2.44 bits per heavy atom. The molecule has 0 atom stereocenters. The molecule has 7 heteroatoms. The highest BCUT2D eigenvalue weighted by atomic mass is 16.5. The number of carbonyl (C=O) groups excluding carboxylic acids is 3. The Morgan fingerprint density at radius 1 is 1.12 bits per heavy atom. The van der Waals surface area contributed by atoms with Crippen LogP contribution in [0.3, 0.4) is 0 Å². The van der Waals surface area contributed by atoms with Crippen LogP contribution >= 0.6 is 0 Å². The summed E-state index contributed by atoms with van der Waals surface area (Å²) in [6.45, 7) is 5.59. The largest absolute Gasteiger partial charge is 0.495 e. The van der Waals surface area contributed by atoms with Crippen molar-refractivity contribution in [2.45, 2.75) is 26.7 Å². The molecule has 7 nitrogen and oxygen atoms in total. The van der Waals surface area contributed by atoms with E-state index in [2.05, 4.69) is 5.32 Å². The van der Waals surface area contributed by atoms with Crippen LogP contribution in [-0.4, -0.2) is 60.8 Å². The van der Waals surface area contributed by atoms with Gasteiger partial charge in [0.15, 0.2) is 0 Å². The lowest BCUT2D eigenvalue weighted by molar-refractivity contribution is -0.130. The van der Waals surface area contributed by atoms with Crippen molar-refractivity contribution in [3.63, 3.8) is 0 Å². The first-order chi connectivity index (χ1) is 12.0. The molecule has 0 bridgehead atoms. The Bertz CT molecular complexity index is 660. The Balaban J connectivity index is 2.14. The Morgan fingerprint density at radius 2 is 1.80 bits per heavy atom. The highest BCUT2D eigenvalue weighted by molar-refractivity contribution is 5.98. The lowest BCUT2D eigenvalue weighted by atomic mass is 10.1. The Labute approximate surface area is 147 Å². The van der Waals surface area contributed by atoms with Gasteiger partial charge in [0.05, 0.1) is 12.8 Å². The molecule has 0 aromatic heterocycles. The molecule has 1 fully saturated rings. The standard InChI is InChI=1S/C18H25N3O4/c1-4-17(23)20-8-5-9-21(11-10-20)18(24)14-6-7-16(25-3)15(12-14)19-13(2)22/h6-7,12H,4-5,8-11H2,1-3H3,(H,19,22). The average molecular weight is 347 g/mol. The molecule has 1 N–H and O–H groups in total. The number of benzene rings is 1. The van der Waals surface area contributed by atoms with E-state index in [0.717, 1.165) is 6.42 Å². The van der Waals surface area contributed by atoms with Crippen LogP contribution in [0.15, 0.2) is 18.2 Å². The van der Waals surface area contributed by atoms with Gasteiger partial charge in [0, 0.05) is 45.1 Å². The van der Waals surface area contributed by atoms with E-state index < -0.39 is 0 Å². The van der Waals surface area contributed by atoms with E-state index in [1.54, 1.807) is 23.1 Å². The first-order valence-corrected chi connectivity index (χ1v) is 8.49. The molecule has 1 aliphatic rings. The van der Waals surface area contributed by atoms with Gasteiger partial charge in [0.2, 0.25) is 11.8 Å². The average Bonchev–Trinajstić information content (AvgIpc) is 2.86. The van der Waals surface area contributed by atoms with Gasteiger partial charge in [-0.05, 0) is 24.6 Å². The van der Waals surface area contributed by atoms with Gasteiger partial charge in [-0.2, -0.15) is 0 Å². The molecule has 1 saturated heterocycles. The van der Waals surface area contributed by atoms with Gasteiger partial charge in [-0.15, -0.1) is 0 Å². The van der Waals surface area contributed by atoms with Crippen LogP contribution in [0.1, 0.15) is 37.0 Å². The zero-order chi connectivity index (χ0) is 18.4. The number of rotatable bonds is 4. The van der Waals surface area contributed by atoms with E-state index in [1.165, 1.54) is 14.0 Å². The Hall–Kier alpha value is -2.57. The minimum Gasteiger partial charge on any atom is -0.495 e. The lowest BCUT2D eigenvalue weighted by Gasteiger charge is -2.22. The summed E-state index contributed by atoms with van der Waals surface area (Å²) in [5.74, 6) is 0.278. The fourth-order valence-corrected chi connectivity index (χ4v) is 2.90. The summed E-state index contributed by atoms with van der Waals surface area (Å²) in [5, 5.41) is 2.68. The number of carbonyl (C=O) groups is 3. The first kappa shape index (κ1) is 18.8. The summed E-state index contributed by atoms with van der Waals surface area (Å²) in [6.07, 6.45) is 1.23. The van der Waals surface area contributed by atoms with E-state index in [0.29, 0.717) is 49.6 Å². The van der Waals surface area contributed by atoms with Crippen molar-refractivity contribution in [3.8, 4) is 5.75 Å². The molecule has 3 amide bonds. The maximum absolute atomic E-state index is 12.8. The van der Waals surface area contributed by atoms with Gasteiger partial charge in [0.25, 0.3) is 5.91 Å². The molecule has 25 heavy (non-hydrogen) atoms. The third-order valence-corrected chi connectivity index (χ3v) is 4.20. The van der Waals surface area contributed by atoms with Crippen molar-refractivity contribution in [1.82, 2.24) is 9.80 Å². The highest BCUT2D eigenvalue weighted by Crippen LogP contribution is 2.26. The van der Waals surface area contributed by atoms with Crippen molar-refractivity contribution in [3.05, 3.63) is 23.8 Å². The van der Waals surface area contributed by atoms with Crippen molar-refractivity contribution >= 4 is 23.4 Å². The van der Waals surface area contributed by atoms with Crippen molar-refractivity contribution in [2.24, 2.45) is 0 Å². The minimum atomic E-state index is -0.230. The quantitative estimate of drug-likeness (QED) is 0.900. The van der Waals surface area contributed by atoms with Crippen molar-refractivity contribution in [2.75, 3.05) is 38.6 Å². The van der Waals surface area contributed by atoms with Gasteiger partial charge in [0.1, 0.15) is 5.75 Å². The zero-order valence-electron chi connectivity index (χ0n) is 15.0. The van der Waals surface area contributed by atoms with E-state index in [-0.39, 0.29) is 17.7 Å². The summed E-state index contributed by atoms with van der Waals surface area (Å²) in [7, 11) is 1.51. The number of amides is 3. The maximum atomic E-state index is 12.8. The third kappa shape index (κ3) is 4.71. The summed E-state index contributed by atoms with van der Waals surface area (Å²) in [4.78, 5) is 39.6. The van der Waals surface area contributed by atoms with Gasteiger partial charge in [-0.3, -0.25) is 14.4 Å². The van der Waals surface area contributed by atoms with Gasteiger partial charge in [-0.1, -0.05) is 6.92 Å². The van der Waals surface area contributed by atoms with Crippen LogP contribution in [0.5, 0.6) is 5.75 Å². The molecule has 2 rings (SSSR count). The van der Waals surface area contributed by atoms with Crippen LogP contribution in [-0.2, 0) is 9.59 Å². The third-order valence-electron chi connectivity index (χ3n) is 4.20. The molecular formula is C18H25N3O4. The summed E-state index contributed by atoms with van der Waals surface area (Å²) in [6, 6.07) is 4.98. The molecule has 1 aliphatic heterocycles. The normalized spacial score (nSPS) is 14.7. The molecule has 0 aliphatic carbocycles. The van der Waals surface area contributed by atoms with E-state index in [1.807, 2.05) is 11.8 Å². The number of nitrogens with zero attached hydrogens (tertiary/aromatic N) is 2. The zero-order valence-corrected chi connectivity index (χ0v) is 15.0. The topological polar surface area (TPSA) is 79.0 Å². The van der Waals surface area contributed by atoms with Crippen LogP contribution in [0, 0.1) is 0 Å². The predicted molar refractivity (Wildman–Crippen MR) is 94.7 cm³/mol. The van der Waals surface area contributed by atoms with Gasteiger partial charge < -0.3 is 19.9 Å². The van der Waals surface area contributed by atoms with Crippen molar-refractivity contribution < 1.29 is 19.1 Å². The molecule has 0 spiro atoms. The van der Waals surface area contributed by atoms with Gasteiger partial charge in [-0.25, -0.2) is 0 Å². The smallest absolute Gasteiger partial charge is 0.253 e. The molecule has 0 radical (unpaired) electrons. The monoisotopic (exact) mass is 347 g/mol. The number of hydrogen-bond acceptors (Lipinski definition) is 4. The molecule has 136 valence electrons. The van der Waals surface area contributed by atoms with Crippen LogP contribution in [0.2, 0.25) is 0 Å². The van der Waals surface area contributed by atoms with E-state index in [9.17, 15) is 14.4 Å². The second-order valence-corrected chi connectivity index (χ2v) is 5.98. The molecule has 0 saturated carbocycles. The second kappa shape index (κ2) is 8.50. The molecule has 1 aromatic rings. The second-order valence-electron chi connectivity index (χ2n) is 5.98. The van der Waals surface area contributed by atoms with Crippen LogP contribution < -0.4 is 10.1 Å². The number of anilines is 1. The SMILES string of the molecule is CCC(=O)N1CCCN(C(=O)c2ccc(OC)c(NC(C)=O)c2)CC1. The fourth-order valence-electron chi connectivity index (χ4n) is 2.90. The van der Waals surface area contributed by atoms with Crippen LogP contribution in [0.4, 0.5) is 5.69 Å². The van der Waals surface area contributed by atoms with Gasteiger partial charge >= 0.3 is 0 Å². The Kier molecular flexibility index (Phi) is 6.38. The van der Waals surface area contributed by atoms with Crippen molar-refractivity contribution in [1.29, 1.82) is 0 Å². The summed E-state index contributed by atoms with van der Waals surface area (Å²) < 4.78 is 5.22. The van der Waals surface area contributed by atoms with Crippen LogP contribution in [0.25, 0.3) is 0 Å². The van der Waals surface area contributed by atoms with E-state index >= 15 is 0 Å². The molecule has 1 aromatic carbocycles. The molecule has 1 heterocycles. The molecule has 0 unspecified atom stereocenters. The number of hydrogen-bond donors (Lipinski definition) is 1. The summed E-state index contributed by atoms with van der Waals surface area (Å²) in [5.41, 5.74) is 0.957. The first-order valence-electron chi connectivity index (χ1n) is 8.49.